The monoisotopic (exact) mass is 534 g/mol. The highest BCUT2D eigenvalue weighted by Gasteiger charge is 2.42. The molecule has 39 heavy (non-hydrogen) atoms. The van der Waals surface area contributed by atoms with Crippen LogP contribution in [0.3, 0.4) is 0 Å². The van der Waals surface area contributed by atoms with Gasteiger partial charge in [-0.1, -0.05) is 176 Å². The van der Waals surface area contributed by atoms with Crippen molar-refractivity contribution < 1.29 is 0 Å². The van der Waals surface area contributed by atoms with E-state index in [1.807, 2.05) is 0 Å². The highest BCUT2D eigenvalue weighted by Crippen LogP contribution is 2.40. The van der Waals surface area contributed by atoms with Crippen molar-refractivity contribution in [3.05, 3.63) is 176 Å². The Labute approximate surface area is 234 Å². The average Bonchev–Trinajstić information content (AvgIpc) is 3.04. The minimum Gasteiger partial charge on any atom is -0.0624 e. The highest BCUT2D eigenvalue weighted by atomic mass is 31.1. The zero-order chi connectivity index (χ0) is 26.3. The summed E-state index contributed by atoms with van der Waals surface area (Å²) in [6.07, 6.45) is 0. The van der Waals surface area contributed by atoms with Crippen LogP contribution >= 0.6 is 7.92 Å². The van der Waals surface area contributed by atoms with E-state index in [1.54, 1.807) is 0 Å². The van der Waals surface area contributed by atoms with Crippen molar-refractivity contribution in [2.45, 2.75) is 0 Å². The van der Waals surface area contributed by atoms with Gasteiger partial charge in [0, 0.05) is 0 Å². The smallest absolute Gasteiger partial charge is 0.0624 e. The number of hydrogen-bond acceptors (Lipinski definition) is 0. The molecule has 0 radical (unpaired) electrons. The highest BCUT2D eigenvalue weighted by molar-refractivity contribution is 7.76. The normalized spacial score (nSPS) is 12.1. The first-order valence-electron chi connectivity index (χ1n) is 13.5. The molecule has 6 aromatic carbocycles. The van der Waals surface area contributed by atoms with E-state index in [4.69, 9.17) is 0 Å². The molecule has 0 fully saturated rings. The zero-order valence-electron chi connectivity index (χ0n) is 21.9. The van der Waals surface area contributed by atoms with Crippen LogP contribution in [0.2, 0.25) is 0 Å². The fourth-order valence-corrected chi connectivity index (χ4v) is 16.0. The molecule has 188 valence electrons. The van der Waals surface area contributed by atoms with Gasteiger partial charge in [0.05, 0.1) is 0 Å². The van der Waals surface area contributed by atoms with Crippen molar-refractivity contribution in [2.24, 2.45) is 0 Å². The molecular weight excluding hydrogens is 503 g/mol. The van der Waals surface area contributed by atoms with Gasteiger partial charge in [0.1, 0.15) is 0 Å². The van der Waals surface area contributed by atoms with Gasteiger partial charge in [-0.2, -0.15) is 0 Å². The second-order valence-corrected chi connectivity index (χ2v) is 16.5. The Bertz CT molecular complexity index is 1510. The van der Waals surface area contributed by atoms with Crippen LogP contribution in [-0.2, 0) is 0 Å². The molecule has 2 heteroatoms. The summed E-state index contributed by atoms with van der Waals surface area (Å²) in [6.45, 7) is 0. The van der Waals surface area contributed by atoms with Crippen LogP contribution in [0.5, 0.6) is 0 Å². The topological polar surface area (TPSA) is 0 Å². The summed E-state index contributed by atoms with van der Waals surface area (Å²) >= 11 is 0. The van der Waals surface area contributed by atoms with Crippen LogP contribution in [0.4, 0.5) is 0 Å². The van der Waals surface area contributed by atoms with Crippen molar-refractivity contribution in [2.75, 3.05) is 5.79 Å². The van der Waals surface area contributed by atoms with Crippen LogP contribution in [0, 0.1) is 0 Å². The third-order valence-corrected chi connectivity index (χ3v) is 16.6. The third kappa shape index (κ3) is 5.17. The quantitative estimate of drug-likeness (QED) is 0.119. The summed E-state index contributed by atoms with van der Waals surface area (Å²) in [5, 5.41) is 7.26. The second kappa shape index (κ2) is 11.8. The van der Waals surface area contributed by atoms with E-state index in [0.29, 0.717) is 0 Å². The van der Waals surface area contributed by atoms with Crippen molar-refractivity contribution in [3.63, 3.8) is 0 Å². The average molecular weight is 535 g/mol. The molecule has 0 N–H and O–H groups in total. The fourth-order valence-electron chi connectivity index (χ4n) is 5.67. The van der Waals surface area contributed by atoms with Crippen molar-refractivity contribution >= 4 is 42.2 Å². The van der Waals surface area contributed by atoms with Crippen molar-refractivity contribution in [1.82, 2.24) is 0 Å². The van der Waals surface area contributed by atoms with Crippen LogP contribution in [-0.4, -0.2) is 13.9 Å². The number of hydrogen-bond donors (Lipinski definition) is 0. The van der Waals surface area contributed by atoms with E-state index in [-0.39, 0.29) is 0 Å². The van der Waals surface area contributed by atoms with Gasteiger partial charge in [-0.05, 0) is 51.0 Å². The van der Waals surface area contributed by atoms with Crippen molar-refractivity contribution in [3.8, 4) is 11.1 Å². The minimum atomic E-state index is -2.45. The van der Waals surface area contributed by atoms with E-state index < -0.39 is 16.0 Å². The summed E-state index contributed by atoms with van der Waals surface area (Å²) in [7, 11) is -3.14. The lowest BCUT2D eigenvalue weighted by Gasteiger charge is -2.37. The van der Waals surface area contributed by atoms with Gasteiger partial charge >= 0.3 is 0 Å². The molecule has 0 bridgehead atoms. The summed E-state index contributed by atoms with van der Waals surface area (Å²) in [5.74, 6) is 1.09. The first kappa shape index (κ1) is 25.3. The van der Waals surface area contributed by atoms with Gasteiger partial charge in [-0.15, -0.1) is 0 Å². The SMILES string of the molecule is c1ccc(-c2ccccc2P(C[Si](c2ccccc2)(c2ccccc2)c2ccccc2)c2ccccc2)cc1. The Morgan fingerprint density at radius 2 is 0.769 bits per heavy atom. The molecule has 0 aliphatic heterocycles. The first-order valence-corrected chi connectivity index (χ1v) is 17.2. The van der Waals surface area contributed by atoms with E-state index in [1.165, 1.54) is 37.3 Å². The van der Waals surface area contributed by atoms with Crippen LogP contribution in [0.25, 0.3) is 11.1 Å². The first-order chi connectivity index (χ1) is 19.4. The third-order valence-electron chi connectivity index (χ3n) is 7.54. The lowest BCUT2D eigenvalue weighted by molar-refractivity contribution is 1.63. The molecule has 0 spiro atoms. The van der Waals surface area contributed by atoms with E-state index in [9.17, 15) is 0 Å². The van der Waals surface area contributed by atoms with Crippen LogP contribution < -0.4 is 26.2 Å². The summed E-state index contributed by atoms with van der Waals surface area (Å²) in [4.78, 5) is 0. The summed E-state index contributed by atoms with van der Waals surface area (Å²) in [6, 6.07) is 65.1. The Morgan fingerprint density at radius 3 is 1.26 bits per heavy atom. The van der Waals surface area contributed by atoms with Crippen LogP contribution in [0.1, 0.15) is 0 Å². The standard InChI is InChI=1S/C37H31PSi/c1-6-18-31(19-7-1)36-28-16-17-29-37(36)38(32-20-8-2-9-21-32)30-39(33-22-10-3-11-23-33,34-24-12-4-13-25-34)35-26-14-5-15-27-35/h1-29H,30H2. The molecule has 0 aromatic heterocycles. The van der Waals surface area contributed by atoms with Gasteiger partial charge in [-0.3, -0.25) is 0 Å². The Hall–Kier alpha value is -4.03. The van der Waals surface area contributed by atoms with E-state index in [2.05, 4.69) is 176 Å². The molecule has 1 unspecified atom stereocenters. The molecule has 0 nitrogen and oxygen atoms in total. The molecule has 0 aliphatic carbocycles. The van der Waals surface area contributed by atoms with E-state index in [0.717, 1.165) is 5.79 Å². The zero-order valence-corrected chi connectivity index (χ0v) is 23.8. The van der Waals surface area contributed by atoms with Crippen molar-refractivity contribution in [1.29, 1.82) is 0 Å². The molecule has 0 saturated carbocycles. The molecule has 0 heterocycles. The molecular formula is C37H31PSi. The van der Waals surface area contributed by atoms with Crippen LogP contribution in [0.15, 0.2) is 176 Å². The van der Waals surface area contributed by atoms with Gasteiger partial charge in [0.15, 0.2) is 8.07 Å². The van der Waals surface area contributed by atoms with E-state index >= 15 is 0 Å². The predicted octanol–water partition coefficient (Wildman–Crippen LogP) is 6.50. The number of rotatable bonds is 8. The van der Waals surface area contributed by atoms with Gasteiger partial charge in [0.2, 0.25) is 0 Å². The molecule has 0 saturated heterocycles. The maximum atomic E-state index is 2.38. The Morgan fingerprint density at radius 1 is 0.385 bits per heavy atom. The van der Waals surface area contributed by atoms with Gasteiger partial charge < -0.3 is 0 Å². The van der Waals surface area contributed by atoms with Gasteiger partial charge in [-0.25, -0.2) is 0 Å². The Kier molecular flexibility index (Phi) is 7.63. The Balaban J connectivity index is 1.64. The fraction of sp³-hybridized carbons (Fsp3) is 0.0270. The molecule has 6 rings (SSSR count). The summed E-state index contributed by atoms with van der Waals surface area (Å²) in [5.41, 5.74) is 2.62. The van der Waals surface area contributed by atoms with Gasteiger partial charge in [0.25, 0.3) is 0 Å². The molecule has 1 atom stereocenters. The minimum absolute atomic E-state index is 0.692. The number of benzene rings is 6. The maximum absolute atomic E-state index is 2.45. The second-order valence-electron chi connectivity index (χ2n) is 9.81. The lowest BCUT2D eigenvalue weighted by atomic mass is 10.1. The molecule has 0 aliphatic rings. The largest absolute Gasteiger partial charge is 0.153 e. The molecule has 0 amide bonds. The molecule has 6 aromatic rings. The predicted molar refractivity (Wildman–Crippen MR) is 173 cm³/mol. The maximum Gasteiger partial charge on any atom is 0.153 e. The summed E-state index contributed by atoms with van der Waals surface area (Å²) < 4.78 is 0. The lowest BCUT2D eigenvalue weighted by Crippen LogP contribution is -2.70.